The van der Waals surface area contributed by atoms with Gasteiger partial charge in [0.1, 0.15) is 0 Å². The highest BCUT2D eigenvalue weighted by Crippen LogP contribution is 2.30. The van der Waals surface area contributed by atoms with E-state index in [-0.39, 0.29) is 0 Å². The molecule has 5 heteroatoms. The van der Waals surface area contributed by atoms with Crippen molar-refractivity contribution in [3.8, 4) is 0 Å². The molecule has 2 heterocycles. The van der Waals surface area contributed by atoms with Gasteiger partial charge in [0.15, 0.2) is 5.17 Å². The second kappa shape index (κ2) is 7.38. The van der Waals surface area contributed by atoms with E-state index in [1.165, 1.54) is 16.7 Å². The van der Waals surface area contributed by atoms with Gasteiger partial charge in [-0.2, -0.15) is 0 Å². The zero-order valence-electron chi connectivity index (χ0n) is 14.9. The zero-order chi connectivity index (χ0) is 17.9. The molecule has 0 atom stereocenters. The highest BCUT2D eigenvalue weighted by atomic mass is 32.2. The molecule has 0 spiro atoms. The van der Waals surface area contributed by atoms with Gasteiger partial charge in [0.2, 0.25) is 5.95 Å². The number of unbranched alkanes of at least 4 members (excludes halogenated alkanes) is 1. The van der Waals surface area contributed by atoms with Crippen LogP contribution in [0.25, 0.3) is 16.6 Å². The number of aliphatic imine (C=N–C) groups is 1. The van der Waals surface area contributed by atoms with Crippen LogP contribution < -0.4 is 5.73 Å². The number of nitrogens with zero attached hydrogens (tertiary/aromatic N) is 3. The van der Waals surface area contributed by atoms with Crippen LogP contribution in [0.15, 0.2) is 59.6 Å². The summed E-state index contributed by atoms with van der Waals surface area (Å²) in [6, 6.07) is 16.9. The third-order valence-corrected chi connectivity index (χ3v) is 5.43. The summed E-state index contributed by atoms with van der Waals surface area (Å²) in [5, 5.41) is 0.945. The first-order valence-electron chi connectivity index (χ1n) is 8.99. The smallest absolute Gasteiger partial charge is 0.207 e. The van der Waals surface area contributed by atoms with Crippen molar-refractivity contribution in [3.05, 3.63) is 65.7 Å². The molecule has 0 fully saturated rings. The molecule has 132 valence electrons. The van der Waals surface area contributed by atoms with Crippen molar-refractivity contribution in [2.45, 2.75) is 19.8 Å². The molecule has 0 saturated carbocycles. The van der Waals surface area contributed by atoms with E-state index in [4.69, 9.17) is 5.73 Å². The van der Waals surface area contributed by atoms with E-state index in [2.05, 4.69) is 71.5 Å². The molecular formula is C21H22N4S. The van der Waals surface area contributed by atoms with Crippen LogP contribution in [0, 0.1) is 0 Å². The minimum atomic E-state index is 0.504. The Hall–Kier alpha value is -2.53. The van der Waals surface area contributed by atoms with Gasteiger partial charge in [-0.1, -0.05) is 67.6 Å². The van der Waals surface area contributed by atoms with Crippen molar-refractivity contribution < 1.29 is 0 Å². The monoisotopic (exact) mass is 362 g/mol. The van der Waals surface area contributed by atoms with Gasteiger partial charge in [-0.15, -0.1) is 0 Å². The van der Waals surface area contributed by atoms with Gasteiger partial charge in [-0.25, -0.2) is 4.98 Å². The molecule has 4 rings (SSSR count). The third kappa shape index (κ3) is 3.15. The summed E-state index contributed by atoms with van der Waals surface area (Å²) < 4.78 is 1.99. The maximum absolute atomic E-state index is 6.19. The minimum Gasteiger partial charge on any atom is -0.369 e. The van der Waals surface area contributed by atoms with E-state index in [1.54, 1.807) is 11.8 Å². The van der Waals surface area contributed by atoms with Gasteiger partial charge in [0.05, 0.1) is 17.6 Å². The predicted octanol–water partition coefficient (Wildman–Crippen LogP) is 4.80. The number of nitrogens with two attached hydrogens (primary N) is 1. The molecule has 26 heavy (non-hydrogen) atoms. The molecule has 0 bridgehead atoms. The Balaban J connectivity index is 1.86. The van der Waals surface area contributed by atoms with Gasteiger partial charge in [0.25, 0.3) is 0 Å². The van der Waals surface area contributed by atoms with Crippen molar-refractivity contribution in [2.75, 3.05) is 18.0 Å². The van der Waals surface area contributed by atoms with Gasteiger partial charge in [-0.05, 0) is 35.3 Å². The van der Waals surface area contributed by atoms with Crippen LogP contribution in [0.4, 0.5) is 5.95 Å². The SMILES string of the molecule is CCCC=C(c1ccccc1)c1ccc2nc(N)n(C3=NCCS3)c2c1. The summed E-state index contributed by atoms with van der Waals surface area (Å²) in [5.41, 5.74) is 11.8. The molecule has 2 N–H and O–H groups in total. The molecule has 1 aliphatic rings. The Morgan fingerprint density at radius 3 is 2.77 bits per heavy atom. The highest BCUT2D eigenvalue weighted by molar-refractivity contribution is 8.14. The molecule has 0 unspecified atom stereocenters. The summed E-state index contributed by atoms with van der Waals surface area (Å²) in [6.07, 6.45) is 4.49. The molecule has 0 saturated heterocycles. The summed E-state index contributed by atoms with van der Waals surface area (Å²) in [4.78, 5) is 9.10. The standard InChI is InChI=1S/C21H22N4S/c1-2-3-9-17(15-7-5-4-6-8-15)16-10-11-18-19(14-16)25(20(22)24-18)21-23-12-13-26-21/h4-11,14H,2-3,12-13H2,1H3,(H2,22,24). The third-order valence-electron chi connectivity index (χ3n) is 4.47. The minimum absolute atomic E-state index is 0.504. The van der Waals surface area contributed by atoms with Crippen LogP contribution in [-0.2, 0) is 0 Å². The van der Waals surface area contributed by atoms with E-state index in [0.717, 1.165) is 41.3 Å². The number of nitrogen functional groups attached to an aromatic ring is 1. The van der Waals surface area contributed by atoms with Gasteiger partial charge >= 0.3 is 0 Å². The first-order valence-corrected chi connectivity index (χ1v) is 9.98. The van der Waals surface area contributed by atoms with Crippen LogP contribution in [0.1, 0.15) is 30.9 Å². The fraction of sp³-hybridized carbons (Fsp3) is 0.238. The second-order valence-electron chi connectivity index (χ2n) is 6.29. The maximum Gasteiger partial charge on any atom is 0.207 e. The molecule has 1 aliphatic heterocycles. The summed E-state index contributed by atoms with van der Waals surface area (Å²) >= 11 is 1.73. The molecule has 0 amide bonds. The van der Waals surface area contributed by atoms with Crippen molar-refractivity contribution in [1.29, 1.82) is 0 Å². The summed E-state index contributed by atoms with van der Waals surface area (Å²) in [7, 11) is 0. The lowest BCUT2D eigenvalue weighted by atomic mass is 9.96. The van der Waals surface area contributed by atoms with Crippen LogP contribution in [0.5, 0.6) is 0 Å². The van der Waals surface area contributed by atoms with E-state index in [0.29, 0.717) is 5.95 Å². The second-order valence-corrected chi connectivity index (χ2v) is 7.36. The lowest BCUT2D eigenvalue weighted by Crippen LogP contribution is -2.09. The lowest BCUT2D eigenvalue weighted by Gasteiger charge is -2.10. The average molecular weight is 363 g/mol. The number of allylic oxidation sites excluding steroid dienone is 1. The van der Waals surface area contributed by atoms with E-state index in [9.17, 15) is 0 Å². The van der Waals surface area contributed by atoms with Crippen LogP contribution >= 0.6 is 11.8 Å². The van der Waals surface area contributed by atoms with Crippen LogP contribution in [-0.4, -0.2) is 27.0 Å². The largest absolute Gasteiger partial charge is 0.369 e. The first kappa shape index (κ1) is 16.9. The van der Waals surface area contributed by atoms with Crippen LogP contribution in [0.2, 0.25) is 0 Å². The fourth-order valence-corrected chi connectivity index (χ4v) is 4.10. The van der Waals surface area contributed by atoms with Crippen LogP contribution in [0.3, 0.4) is 0 Å². The summed E-state index contributed by atoms with van der Waals surface area (Å²) in [5.74, 6) is 1.50. The molecule has 3 aromatic rings. The number of rotatable bonds is 4. The number of hydrogen-bond donors (Lipinski definition) is 1. The quantitative estimate of drug-likeness (QED) is 0.725. The van der Waals surface area contributed by atoms with Crippen molar-refractivity contribution >= 4 is 39.5 Å². The molecule has 0 radical (unpaired) electrons. The Bertz CT molecular complexity index is 986. The van der Waals surface area contributed by atoms with E-state index >= 15 is 0 Å². The number of aromatic nitrogens is 2. The number of fused-ring (bicyclic) bond motifs is 1. The molecule has 0 aliphatic carbocycles. The number of thioether (sulfide) groups is 1. The molecule has 2 aromatic carbocycles. The van der Waals surface area contributed by atoms with Crippen molar-refractivity contribution in [3.63, 3.8) is 0 Å². The molecule has 1 aromatic heterocycles. The first-order chi connectivity index (χ1) is 12.8. The molecule has 4 nitrogen and oxygen atoms in total. The highest BCUT2D eigenvalue weighted by Gasteiger charge is 2.17. The zero-order valence-corrected chi connectivity index (χ0v) is 15.7. The van der Waals surface area contributed by atoms with Gasteiger partial charge in [0, 0.05) is 5.75 Å². The number of imidazole rings is 1. The van der Waals surface area contributed by atoms with Crippen molar-refractivity contribution in [1.82, 2.24) is 9.55 Å². The maximum atomic E-state index is 6.19. The Morgan fingerprint density at radius 1 is 1.19 bits per heavy atom. The number of hydrogen-bond acceptors (Lipinski definition) is 4. The van der Waals surface area contributed by atoms with Gasteiger partial charge in [-0.3, -0.25) is 9.56 Å². The lowest BCUT2D eigenvalue weighted by molar-refractivity contribution is 0.960. The van der Waals surface area contributed by atoms with Crippen molar-refractivity contribution in [2.24, 2.45) is 4.99 Å². The number of anilines is 1. The average Bonchev–Trinajstić information content (AvgIpc) is 3.29. The Morgan fingerprint density at radius 2 is 2.04 bits per heavy atom. The Kier molecular flexibility index (Phi) is 4.80. The molecular weight excluding hydrogens is 340 g/mol. The predicted molar refractivity (Wildman–Crippen MR) is 113 cm³/mol. The van der Waals surface area contributed by atoms with E-state index in [1.807, 2.05) is 4.57 Å². The Labute approximate surface area is 157 Å². The number of benzene rings is 2. The normalized spacial score (nSPS) is 14.8. The fourth-order valence-electron chi connectivity index (χ4n) is 3.23. The topological polar surface area (TPSA) is 56.2 Å². The van der Waals surface area contributed by atoms with E-state index < -0.39 is 0 Å². The van der Waals surface area contributed by atoms with Gasteiger partial charge < -0.3 is 5.73 Å². The summed E-state index contributed by atoms with van der Waals surface area (Å²) in [6.45, 7) is 3.04.